The highest BCUT2D eigenvalue weighted by Gasteiger charge is 2.16. The molecule has 0 saturated heterocycles. The molecular weight excluding hydrogens is 306 g/mol. The van der Waals surface area contributed by atoms with Gasteiger partial charge in [-0.1, -0.05) is 37.3 Å². The summed E-state index contributed by atoms with van der Waals surface area (Å²) in [4.78, 5) is 23.5. The average molecular weight is 327 g/mol. The number of ether oxygens (including phenoxy) is 1. The van der Waals surface area contributed by atoms with E-state index in [-0.39, 0.29) is 23.9 Å². The van der Waals surface area contributed by atoms with E-state index in [2.05, 4.69) is 5.32 Å². The van der Waals surface area contributed by atoms with Crippen LogP contribution in [0.4, 0.5) is 0 Å². The maximum atomic E-state index is 12.3. The molecule has 0 aliphatic carbocycles. The van der Waals surface area contributed by atoms with Gasteiger partial charge in [0, 0.05) is 0 Å². The van der Waals surface area contributed by atoms with Gasteiger partial charge in [-0.25, -0.2) is 4.79 Å². The van der Waals surface area contributed by atoms with Gasteiger partial charge in [0.1, 0.15) is 5.75 Å². The molecule has 2 rings (SSSR count). The van der Waals surface area contributed by atoms with Gasteiger partial charge in [-0.05, 0) is 35.7 Å². The topological polar surface area (TPSA) is 75.6 Å². The van der Waals surface area contributed by atoms with Gasteiger partial charge in [0.05, 0.1) is 25.1 Å². The first-order valence-corrected chi connectivity index (χ1v) is 7.79. The lowest BCUT2D eigenvalue weighted by Crippen LogP contribution is -2.30. The Morgan fingerprint density at radius 3 is 2.38 bits per heavy atom. The molecule has 0 spiro atoms. The first-order chi connectivity index (χ1) is 11.5. The summed E-state index contributed by atoms with van der Waals surface area (Å²) in [5, 5.41) is 12.2. The molecule has 0 bridgehead atoms. The summed E-state index contributed by atoms with van der Waals surface area (Å²) < 4.78 is 5.14. The summed E-state index contributed by atoms with van der Waals surface area (Å²) >= 11 is 0. The molecule has 1 amide bonds. The Kier molecular flexibility index (Phi) is 5.95. The van der Waals surface area contributed by atoms with E-state index in [1.54, 1.807) is 25.3 Å². The fourth-order valence-corrected chi connectivity index (χ4v) is 2.56. The van der Waals surface area contributed by atoms with Crippen LogP contribution in [-0.2, 0) is 11.2 Å². The Labute approximate surface area is 141 Å². The second kappa shape index (κ2) is 8.15. The molecule has 0 aliphatic heterocycles. The Morgan fingerprint density at radius 2 is 1.79 bits per heavy atom. The number of carboxylic acid groups (broad SMARTS) is 1. The Hall–Kier alpha value is -2.82. The van der Waals surface area contributed by atoms with Crippen LogP contribution in [0.2, 0.25) is 0 Å². The Balaban J connectivity index is 2.08. The second-order valence-electron chi connectivity index (χ2n) is 5.44. The molecule has 2 aromatic rings. The number of carboxylic acids is 1. The van der Waals surface area contributed by atoms with E-state index in [4.69, 9.17) is 4.74 Å². The third kappa shape index (κ3) is 4.35. The lowest BCUT2D eigenvalue weighted by Gasteiger charge is -2.18. The van der Waals surface area contributed by atoms with Gasteiger partial charge in [0.2, 0.25) is 5.91 Å². The minimum absolute atomic E-state index is 0.0368. The monoisotopic (exact) mass is 327 g/mol. The van der Waals surface area contributed by atoms with Crippen molar-refractivity contribution in [3.05, 3.63) is 65.2 Å². The number of hydrogen-bond acceptors (Lipinski definition) is 3. The van der Waals surface area contributed by atoms with Crippen LogP contribution in [0.1, 0.15) is 40.9 Å². The Bertz CT molecular complexity index is 710. The van der Waals surface area contributed by atoms with E-state index in [0.29, 0.717) is 5.56 Å². The molecule has 5 nitrogen and oxygen atoms in total. The number of rotatable bonds is 7. The molecule has 126 valence electrons. The first kappa shape index (κ1) is 17.5. The predicted molar refractivity (Wildman–Crippen MR) is 91.3 cm³/mol. The maximum absolute atomic E-state index is 12.3. The SMILES string of the molecule is CCC(NC(=O)Cc1ccccc1C(=O)O)c1ccc(OC)cc1. The summed E-state index contributed by atoms with van der Waals surface area (Å²) in [5.41, 5.74) is 1.65. The molecule has 1 atom stereocenters. The zero-order valence-electron chi connectivity index (χ0n) is 13.8. The molecular formula is C19H21NO4. The number of carbonyl (C=O) groups excluding carboxylic acids is 1. The normalized spacial score (nSPS) is 11.6. The van der Waals surface area contributed by atoms with Gasteiger partial charge in [0.25, 0.3) is 0 Å². The maximum Gasteiger partial charge on any atom is 0.335 e. The predicted octanol–water partition coefficient (Wildman–Crippen LogP) is 3.20. The average Bonchev–Trinajstić information content (AvgIpc) is 2.60. The zero-order valence-corrected chi connectivity index (χ0v) is 13.8. The summed E-state index contributed by atoms with van der Waals surface area (Å²) in [6, 6.07) is 14.0. The van der Waals surface area contributed by atoms with Crippen molar-refractivity contribution in [2.75, 3.05) is 7.11 Å². The standard InChI is InChI=1S/C19H21NO4/c1-3-17(13-8-10-15(24-2)11-9-13)20-18(21)12-14-6-4-5-7-16(14)19(22)23/h4-11,17H,3,12H2,1-2H3,(H,20,21)(H,22,23). The molecule has 2 aromatic carbocycles. The van der Waals surface area contributed by atoms with Crippen molar-refractivity contribution in [1.29, 1.82) is 0 Å². The summed E-state index contributed by atoms with van der Waals surface area (Å²) in [6.07, 6.45) is 0.772. The van der Waals surface area contributed by atoms with Gasteiger partial charge in [-0.15, -0.1) is 0 Å². The highest BCUT2D eigenvalue weighted by molar-refractivity contribution is 5.91. The highest BCUT2D eigenvalue weighted by atomic mass is 16.5. The number of methoxy groups -OCH3 is 1. The van der Waals surface area contributed by atoms with Gasteiger partial charge in [0.15, 0.2) is 0 Å². The van der Waals surface area contributed by atoms with Crippen molar-refractivity contribution in [3.8, 4) is 5.75 Å². The largest absolute Gasteiger partial charge is 0.497 e. The number of carbonyl (C=O) groups is 2. The number of amides is 1. The molecule has 0 radical (unpaired) electrons. The van der Waals surface area contributed by atoms with Crippen LogP contribution in [0, 0.1) is 0 Å². The number of aromatic carboxylic acids is 1. The molecule has 24 heavy (non-hydrogen) atoms. The fraction of sp³-hybridized carbons (Fsp3) is 0.263. The lowest BCUT2D eigenvalue weighted by atomic mass is 10.0. The van der Waals surface area contributed by atoms with Crippen molar-refractivity contribution in [2.24, 2.45) is 0 Å². The molecule has 0 heterocycles. The van der Waals surface area contributed by atoms with Crippen LogP contribution in [0.5, 0.6) is 5.75 Å². The van der Waals surface area contributed by atoms with Gasteiger partial charge >= 0.3 is 5.97 Å². The number of nitrogens with one attached hydrogen (secondary N) is 1. The first-order valence-electron chi connectivity index (χ1n) is 7.79. The van der Waals surface area contributed by atoms with Crippen molar-refractivity contribution in [3.63, 3.8) is 0 Å². The van der Waals surface area contributed by atoms with Gasteiger partial charge < -0.3 is 15.2 Å². The summed E-state index contributed by atoms with van der Waals surface area (Å²) in [5.74, 6) is -0.470. The van der Waals surface area contributed by atoms with Crippen LogP contribution >= 0.6 is 0 Å². The fourth-order valence-electron chi connectivity index (χ4n) is 2.56. The second-order valence-corrected chi connectivity index (χ2v) is 5.44. The van der Waals surface area contributed by atoms with E-state index < -0.39 is 5.97 Å². The van der Waals surface area contributed by atoms with Crippen molar-refractivity contribution in [1.82, 2.24) is 5.32 Å². The van der Waals surface area contributed by atoms with Crippen molar-refractivity contribution < 1.29 is 19.4 Å². The summed E-state index contributed by atoms with van der Waals surface area (Å²) in [7, 11) is 1.61. The van der Waals surface area contributed by atoms with Gasteiger partial charge in [-0.3, -0.25) is 4.79 Å². The van der Waals surface area contributed by atoms with E-state index in [1.165, 1.54) is 6.07 Å². The van der Waals surface area contributed by atoms with Crippen LogP contribution in [0.15, 0.2) is 48.5 Å². The lowest BCUT2D eigenvalue weighted by molar-refractivity contribution is -0.121. The molecule has 0 fully saturated rings. The van der Waals surface area contributed by atoms with E-state index in [1.807, 2.05) is 31.2 Å². The third-order valence-electron chi connectivity index (χ3n) is 3.86. The molecule has 5 heteroatoms. The van der Waals surface area contributed by atoms with Crippen molar-refractivity contribution in [2.45, 2.75) is 25.8 Å². The van der Waals surface area contributed by atoms with Crippen LogP contribution < -0.4 is 10.1 Å². The quantitative estimate of drug-likeness (QED) is 0.819. The smallest absolute Gasteiger partial charge is 0.335 e. The molecule has 2 N–H and O–H groups in total. The number of hydrogen-bond donors (Lipinski definition) is 2. The van der Waals surface area contributed by atoms with Crippen LogP contribution in [0.3, 0.4) is 0 Å². The van der Waals surface area contributed by atoms with Crippen molar-refractivity contribution >= 4 is 11.9 Å². The minimum atomic E-state index is -1.03. The molecule has 0 saturated carbocycles. The van der Waals surface area contributed by atoms with Crippen LogP contribution in [-0.4, -0.2) is 24.1 Å². The van der Waals surface area contributed by atoms with E-state index in [0.717, 1.165) is 17.7 Å². The third-order valence-corrected chi connectivity index (χ3v) is 3.86. The molecule has 0 aliphatic rings. The van der Waals surface area contributed by atoms with Gasteiger partial charge in [-0.2, -0.15) is 0 Å². The summed E-state index contributed by atoms with van der Waals surface area (Å²) in [6.45, 7) is 1.99. The zero-order chi connectivity index (χ0) is 17.5. The van der Waals surface area contributed by atoms with E-state index >= 15 is 0 Å². The van der Waals surface area contributed by atoms with Crippen LogP contribution in [0.25, 0.3) is 0 Å². The van der Waals surface area contributed by atoms with E-state index in [9.17, 15) is 14.7 Å². The Morgan fingerprint density at radius 1 is 1.12 bits per heavy atom. The highest BCUT2D eigenvalue weighted by Crippen LogP contribution is 2.20. The minimum Gasteiger partial charge on any atom is -0.497 e. The molecule has 1 unspecified atom stereocenters. The molecule has 0 aromatic heterocycles. The number of benzene rings is 2.